The van der Waals surface area contributed by atoms with Gasteiger partial charge in [0.2, 0.25) is 0 Å². The van der Waals surface area contributed by atoms with Crippen LogP contribution in [-0.4, -0.2) is 17.7 Å². The number of carbonyl (C=O) groups is 1. The molecule has 3 N–H and O–H groups in total. The number of hydrogen-bond donors (Lipinski definition) is 3. The number of carbonyl (C=O) groups excluding carboxylic acids is 1. The molecule has 5 rings (SSSR count). The number of hydroxylamine groups is 1. The Hall–Kier alpha value is -1.60. The van der Waals surface area contributed by atoms with E-state index in [-0.39, 0.29) is 17.7 Å². The topological polar surface area (TPSA) is 61.4 Å². The number of hydrogen-bond acceptors (Lipinski definition) is 3. The Morgan fingerprint density at radius 1 is 1.26 bits per heavy atom. The Morgan fingerprint density at radius 3 is 2.81 bits per heavy atom. The molecule has 0 heterocycles. The van der Waals surface area contributed by atoms with Crippen LogP contribution in [0.5, 0.6) is 0 Å². The zero-order valence-corrected chi connectivity index (χ0v) is 14.9. The lowest BCUT2D eigenvalue weighted by Gasteiger charge is -2.47. The zero-order valence-electron chi connectivity index (χ0n) is 14.9. The first-order valence-corrected chi connectivity index (χ1v) is 9.63. The van der Waals surface area contributed by atoms with Crippen LogP contribution >= 0.6 is 0 Å². The van der Waals surface area contributed by atoms with Crippen molar-refractivity contribution in [1.29, 1.82) is 0 Å². The summed E-state index contributed by atoms with van der Waals surface area (Å²) in [4.78, 5) is 11.4. The SMILES string of the molecule is O=C(NO)c1ccc(CNCC23CC4CC5CC2(C3)C5C4)c(C(F)(F)F)c1. The van der Waals surface area contributed by atoms with E-state index in [0.717, 1.165) is 30.4 Å². The molecule has 0 aliphatic heterocycles. The van der Waals surface area contributed by atoms with Crippen molar-refractivity contribution < 1.29 is 23.2 Å². The summed E-state index contributed by atoms with van der Waals surface area (Å²) in [5.41, 5.74) is 1.27. The second-order valence-electron chi connectivity index (χ2n) is 9.14. The minimum absolute atomic E-state index is 0.131. The van der Waals surface area contributed by atoms with Gasteiger partial charge in [0.25, 0.3) is 5.91 Å². The van der Waals surface area contributed by atoms with Crippen LogP contribution in [0.1, 0.15) is 53.6 Å². The molecule has 5 atom stereocenters. The molecule has 4 fully saturated rings. The minimum Gasteiger partial charge on any atom is -0.312 e. The molecule has 0 radical (unpaired) electrons. The van der Waals surface area contributed by atoms with Crippen molar-refractivity contribution in [2.24, 2.45) is 28.6 Å². The van der Waals surface area contributed by atoms with E-state index in [1.807, 2.05) is 0 Å². The second-order valence-corrected chi connectivity index (χ2v) is 9.14. The second kappa shape index (κ2) is 5.47. The van der Waals surface area contributed by atoms with Gasteiger partial charge >= 0.3 is 6.18 Å². The first kappa shape index (κ1) is 17.5. The van der Waals surface area contributed by atoms with Gasteiger partial charge < -0.3 is 5.32 Å². The van der Waals surface area contributed by atoms with E-state index in [4.69, 9.17) is 5.21 Å². The molecular formula is C20H23F3N2O2. The predicted molar refractivity (Wildman–Crippen MR) is 90.8 cm³/mol. The van der Waals surface area contributed by atoms with Gasteiger partial charge in [0.1, 0.15) is 0 Å². The van der Waals surface area contributed by atoms with E-state index in [1.165, 1.54) is 49.7 Å². The van der Waals surface area contributed by atoms with Gasteiger partial charge in [-0.05, 0) is 78.4 Å². The molecule has 1 spiro atoms. The summed E-state index contributed by atoms with van der Waals surface area (Å²) in [6.07, 6.45) is 1.99. The van der Waals surface area contributed by atoms with Gasteiger partial charge in [-0.1, -0.05) is 6.07 Å². The first-order valence-electron chi connectivity index (χ1n) is 9.63. The molecular weight excluding hydrogens is 357 g/mol. The van der Waals surface area contributed by atoms with E-state index in [2.05, 4.69) is 5.32 Å². The van der Waals surface area contributed by atoms with E-state index < -0.39 is 17.6 Å². The summed E-state index contributed by atoms with van der Waals surface area (Å²) in [5.74, 6) is 1.67. The van der Waals surface area contributed by atoms with Crippen molar-refractivity contribution in [3.63, 3.8) is 0 Å². The lowest BCUT2D eigenvalue weighted by atomic mass is 9.58. The fourth-order valence-corrected chi connectivity index (χ4v) is 6.92. The molecule has 4 saturated carbocycles. The lowest BCUT2D eigenvalue weighted by Crippen LogP contribution is -2.43. The summed E-state index contributed by atoms with van der Waals surface area (Å²) in [5, 5.41) is 12.0. The van der Waals surface area contributed by atoms with Gasteiger partial charge in [-0.2, -0.15) is 13.2 Å². The van der Waals surface area contributed by atoms with Crippen molar-refractivity contribution >= 4 is 5.91 Å². The molecule has 5 unspecified atom stereocenters. The van der Waals surface area contributed by atoms with Crippen molar-refractivity contribution in [2.75, 3.05) is 6.54 Å². The van der Waals surface area contributed by atoms with Crippen molar-refractivity contribution in [2.45, 2.75) is 44.8 Å². The van der Waals surface area contributed by atoms with Crippen molar-refractivity contribution in [3.05, 3.63) is 34.9 Å². The third-order valence-corrected chi connectivity index (χ3v) is 7.95. The molecule has 146 valence electrons. The largest absolute Gasteiger partial charge is 0.416 e. The smallest absolute Gasteiger partial charge is 0.312 e. The van der Waals surface area contributed by atoms with E-state index in [0.29, 0.717) is 10.8 Å². The van der Waals surface area contributed by atoms with Crippen LogP contribution < -0.4 is 10.8 Å². The van der Waals surface area contributed by atoms with Gasteiger partial charge in [-0.3, -0.25) is 10.0 Å². The monoisotopic (exact) mass is 380 g/mol. The van der Waals surface area contributed by atoms with Crippen molar-refractivity contribution in [1.82, 2.24) is 10.8 Å². The Labute approximate surface area is 155 Å². The molecule has 1 amide bonds. The normalized spacial score (nSPS) is 38.1. The Kier molecular flexibility index (Phi) is 3.55. The van der Waals surface area contributed by atoms with Crippen molar-refractivity contribution in [3.8, 4) is 0 Å². The highest BCUT2D eigenvalue weighted by Gasteiger charge is 2.80. The number of benzene rings is 1. The van der Waals surface area contributed by atoms with Gasteiger partial charge in [-0.15, -0.1) is 0 Å². The fraction of sp³-hybridized carbons (Fsp3) is 0.650. The third kappa shape index (κ3) is 2.40. The molecule has 4 aliphatic rings. The van der Waals surface area contributed by atoms with Gasteiger partial charge in [0.15, 0.2) is 0 Å². The number of nitrogens with one attached hydrogen (secondary N) is 2. The standard InChI is InChI=1S/C20H23F3N2O2/c21-20(22,23)16-5-12(17(26)25-27)1-2-13(16)8-24-10-18-6-11-3-14-7-19(18,9-18)15(14)4-11/h1-2,5,11,14-15,24,27H,3-4,6-10H2,(H,25,26). The van der Waals surface area contributed by atoms with Gasteiger partial charge in [0, 0.05) is 18.7 Å². The van der Waals surface area contributed by atoms with Crippen LogP contribution in [0.25, 0.3) is 0 Å². The zero-order chi connectivity index (χ0) is 19.0. The van der Waals surface area contributed by atoms with Crippen LogP contribution in [0.2, 0.25) is 0 Å². The van der Waals surface area contributed by atoms with E-state index in [1.54, 1.807) is 0 Å². The molecule has 0 aromatic heterocycles. The van der Waals surface area contributed by atoms with E-state index in [9.17, 15) is 18.0 Å². The summed E-state index contributed by atoms with van der Waals surface area (Å²) in [7, 11) is 0. The summed E-state index contributed by atoms with van der Waals surface area (Å²) >= 11 is 0. The Balaban J connectivity index is 1.30. The average Bonchev–Trinajstić information content (AvgIpc) is 3.22. The number of halogens is 3. The molecule has 7 heteroatoms. The molecule has 4 aliphatic carbocycles. The maximum absolute atomic E-state index is 13.4. The highest BCUT2D eigenvalue weighted by Crippen LogP contribution is 2.86. The average molecular weight is 380 g/mol. The minimum atomic E-state index is -4.55. The fourth-order valence-electron chi connectivity index (χ4n) is 6.92. The Bertz CT molecular complexity index is 811. The van der Waals surface area contributed by atoms with Crippen LogP contribution in [0, 0.1) is 28.6 Å². The summed E-state index contributed by atoms with van der Waals surface area (Å²) in [6, 6.07) is 3.44. The third-order valence-electron chi connectivity index (χ3n) is 7.95. The molecule has 27 heavy (non-hydrogen) atoms. The highest BCUT2D eigenvalue weighted by molar-refractivity contribution is 5.93. The van der Waals surface area contributed by atoms with E-state index >= 15 is 0 Å². The highest BCUT2D eigenvalue weighted by atomic mass is 19.4. The maximum atomic E-state index is 13.4. The molecule has 1 aromatic carbocycles. The number of alkyl halides is 3. The number of amides is 1. The van der Waals surface area contributed by atoms with Crippen LogP contribution in [0.4, 0.5) is 13.2 Å². The molecule has 1 aromatic rings. The maximum Gasteiger partial charge on any atom is 0.416 e. The molecule has 2 bridgehead atoms. The van der Waals surface area contributed by atoms with Gasteiger partial charge in [0.05, 0.1) is 5.56 Å². The number of rotatable bonds is 5. The van der Waals surface area contributed by atoms with Crippen LogP contribution in [0.3, 0.4) is 0 Å². The molecule has 4 nitrogen and oxygen atoms in total. The van der Waals surface area contributed by atoms with Crippen LogP contribution in [0.15, 0.2) is 18.2 Å². The molecule has 0 saturated heterocycles. The lowest BCUT2D eigenvalue weighted by molar-refractivity contribution is -0.138. The quantitative estimate of drug-likeness (QED) is 0.539. The summed E-state index contributed by atoms with van der Waals surface area (Å²) < 4.78 is 40.3. The van der Waals surface area contributed by atoms with Gasteiger partial charge in [-0.25, -0.2) is 5.48 Å². The first-order chi connectivity index (χ1) is 12.8. The number of fused-ring (bicyclic) bond motifs is 1. The summed E-state index contributed by atoms with van der Waals surface area (Å²) in [6.45, 7) is 0.912. The Morgan fingerprint density at radius 2 is 2.07 bits per heavy atom. The predicted octanol–water partition coefficient (Wildman–Crippen LogP) is 3.74. The van der Waals surface area contributed by atoms with Crippen LogP contribution in [-0.2, 0) is 12.7 Å².